The lowest BCUT2D eigenvalue weighted by Gasteiger charge is -2.40. The quantitative estimate of drug-likeness (QED) is 0.725. The van der Waals surface area contributed by atoms with Gasteiger partial charge in [0.2, 0.25) is 11.8 Å². The number of nitrogens with zero attached hydrogens (tertiary/aromatic N) is 2. The summed E-state index contributed by atoms with van der Waals surface area (Å²) in [6, 6.07) is 18.7. The van der Waals surface area contributed by atoms with Crippen LogP contribution in [0.3, 0.4) is 0 Å². The molecular weight excluding hydrogens is 410 g/mol. The highest BCUT2D eigenvalue weighted by molar-refractivity contribution is 5.88. The number of hydrogen-bond acceptors (Lipinski definition) is 3. The molecule has 0 radical (unpaired) electrons. The smallest absolute Gasteiger partial charge is 0.231 e. The Balaban J connectivity index is 1.39. The van der Waals surface area contributed by atoms with Crippen LogP contribution in [0.2, 0.25) is 0 Å². The average Bonchev–Trinajstić information content (AvgIpc) is 2.84. The Hall–Kier alpha value is -2.66. The highest BCUT2D eigenvalue weighted by Crippen LogP contribution is 2.36. The lowest BCUT2D eigenvalue weighted by Crippen LogP contribution is -2.52. The van der Waals surface area contributed by atoms with Crippen LogP contribution in [0.15, 0.2) is 54.6 Å². The highest BCUT2D eigenvalue weighted by atomic mass is 16.2. The first-order valence-electron chi connectivity index (χ1n) is 12.4. The van der Waals surface area contributed by atoms with E-state index in [1.54, 1.807) is 6.92 Å². The van der Waals surface area contributed by atoms with Crippen LogP contribution in [0.5, 0.6) is 0 Å². The zero-order valence-electron chi connectivity index (χ0n) is 20.1. The molecule has 2 aromatic carbocycles. The minimum atomic E-state index is -0.585. The third-order valence-electron chi connectivity index (χ3n) is 7.45. The van der Waals surface area contributed by atoms with Gasteiger partial charge >= 0.3 is 0 Å². The van der Waals surface area contributed by atoms with Crippen LogP contribution in [0, 0.1) is 5.92 Å². The standard InChI is InChI=1S/C28H37N3O2/c1-22-7-6-16-30(20-22)21-25-12-10-24(11-13-25)19-29-27(33)28(26-8-4-3-5-9-26)14-17-31(18-15-28)23(2)32/h3-5,8-13,22H,6-7,14-21H2,1-2H3,(H,29,33). The van der Waals surface area contributed by atoms with Crippen molar-refractivity contribution in [3.05, 3.63) is 71.3 Å². The number of rotatable bonds is 6. The molecule has 2 aromatic rings. The lowest BCUT2D eigenvalue weighted by atomic mass is 9.72. The number of carbonyl (C=O) groups excluding carboxylic acids is 2. The van der Waals surface area contributed by atoms with E-state index in [4.69, 9.17) is 0 Å². The van der Waals surface area contributed by atoms with Crippen molar-refractivity contribution in [3.63, 3.8) is 0 Å². The molecule has 2 fully saturated rings. The van der Waals surface area contributed by atoms with Crippen LogP contribution in [0.4, 0.5) is 0 Å². The molecule has 2 heterocycles. The van der Waals surface area contributed by atoms with E-state index >= 15 is 0 Å². The van der Waals surface area contributed by atoms with Crippen molar-refractivity contribution in [2.75, 3.05) is 26.2 Å². The van der Waals surface area contributed by atoms with E-state index in [-0.39, 0.29) is 11.8 Å². The van der Waals surface area contributed by atoms with Gasteiger partial charge < -0.3 is 10.2 Å². The summed E-state index contributed by atoms with van der Waals surface area (Å²) in [6.07, 6.45) is 3.93. The summed E-state index contributed by atoms with van der Waals surface area (Å²) in [4.78, 5) is 29.7. The SMILES string of the molecule is CC(=O)N1CCC(C(=O)NCc2ccc(CN3CCCC(C)C3)cc2)(c2ccccc2)CC1. The van der Waals surface area contributed by atoms with Crippen molar-refractivity contribution >= 4 is 11.8 Å². The Morgan fingerprint density at radius 3 is 2.27 bits per heavy atom. The summed E-state index contributed by atoms with van der Waals surface area (Å²) in [5.41, 5.74) is 2.90. The van der Waals surface area contributed by atoms with Crippen molar-refractivity contribution in [1.29, 1.82) is 0 Å². The van der Waals surface area contributed by atoms with Crippen LogP contribution in [-0.2, 0) is 28.1 Å². The van der Waals surface area contributed by atoms with Crippen molar-refractivity contribution in [1.82, 2.24) is 15.1 Å². The summed E-state index contributed by atoms with van der Waals surface area (Å²) in [7, 11) is 0. The molecule has 0 spiro atoms. The van der Waals surface area contributed by atoms with Gasteiger partial charge in [0.15, 0.2) is 0 Å². The number of benzene rings is 2. The molecule has 0 aromatic heterocycles. The highest BCUT2D eigenvalue weighted by Gasteiger charge is 2.43. The van der Waals surface area contributed by atoms with E-state index in [0.29, 0.717) is 32.5 Å². The van der Waals surface area contributed by atoms with Gasteiger partial charge in [-0.3, -0.25) is 14.5 Å². The van der Waals surface area contributed by atoms with Gasteiger partial charge in [0, 0.05) is 39.6 Å². The van der Waals surface area contributed by atoms with Gasteiger partial charge in [0.05, 0.1) is 5.41 Å². The average molecular weight is 448 g/mol. The van der Waals surface area contributed by atoms with Crippen LogP contribution in [0.25, 0.3) is 0 Å². The number of likely N-dealkylation sites (tertiary alicyclic amines) is 2. The van der Waals surface area contributed by atoms with Crippen LogP contribution >= 0.6 is 0 Å². The van der Waals surface area contributed by atoms with Crippen molar-refractivity contribution in [2.45, 2.75) is 58.0 Å². The fourth-order valence-electron chi connectivity index (χ4n) is 5.41. The molecule has 1 unspecified atom stereocenters. The van der Waals surface area contributed by atoms with Gasteiger partial charge in [0.1, 0.15) is 0 Å². The summed E-state index contributed by atoms with van der Waals surface area (Å²) in [6.45, 7) is 9.05. The maximum atomic E-state index is 13.5. The molecule has 0 aliphatic carbocycles. The topological polar surface area (TPSA) is 52.7 Å². The van der Waals surface area contributed by atoms with E-state index in [9.17, 15) is 9.59 Å². The molecule has 5 nitrogen and oxygen atoms in total. The van der Waals surface area contributed by atoms with Crippen LogP contribution in [0.1, 0.15) is 56.2 Å². The van der Waals surface area contributed by atoms with E-state index in [2.05, 4.69) is 41.4 Å². The van der Waals surface area contributed by atoms with Gasteiger partial charge in [-0.15, -0.1) is 0 Å². The van der Waals surface area contributed by atoms with Gasteiger partial charge in [-0.05, 0) is 54.8 Å². The van der Waals surface area contributed by atoms with Crippen LogP contribution in [-0.4, -0.2) is 47.8 Å². The molecular formula is C28H37N3O2. The zero-order valence-corrected chi connectivity index (χ0v) is 20.1. The molecule has 0 bridgehead atoms. The van der Waals surface area contributed by atoms with Crippen LogP contribution < -0.4 is 5.32 Å². The third kappa shape index (κ3) is 5.64. The predicted molar refractivity (Wildman–Crippen MR) is 132 cm³/mol. The summed E-state index contributed by atoms with van der Waals surface area (Å²) in [5, 5.41) is 3.21. The Morgan fingerprint density at radius 2 is 1.64 bits per heavy atom. The number of hydrogen-bond donors (Lipinski definition) is 1. The molecule has 1 N–H and O–H groups in total. The molecule has 1 atom stereocenters. The van der Waals surface area contributed by atoms with E-state index < -0.39 is 5.41 Å². The Bertz CT molecular complexity index is 933. The summed E-state index contributed by atoms with van der Waals surface area (Å²) < 4.78 is 0. The van der Waals surface area contributed by atoms with Gasteiger partial charge in [-0.2, -0.15) is 0 Å². The Labute approximate surface area is 198 Å². The minimum absolute atomic E-state index is 0.0586. The monoisotopic (exact) mass is 447 g/mol. The maximum Gasteiger partial charge on any atom is 0.231 e. The normalized spacial score (nSPS) is 20.9. The lowest BCUT2D eigenvalue weighted by molar-refractivity contribution is -0.135. The summed E-state index contributed by atoms with van der Waals surface area (Å²) in [5.74, 6) is 0.923. The van der Waals surface area contributed by atoms with Gasteiger partial charge in [-0.25, -0.2) is 0 Å². The fourth-order valence-corrected chi connectivity index (χ4v) is 5.41. The molecule has 0 saturated carbocycles. The number of nitrogens with one attached hydrogen (secondary N) is 1. The molecule has 5 heteroatoms. The number of amides is 2. The van der Waals surface area contributed by atoms with Gasteiger partial charge in [0.25, 0.3) is 0 Å². The largest absolute Gasteiger partial charge is 0.351 e. The number of carbonyl (C=O) groups is 2. The third-order valence-corrected chi connectivity index (χ3v) is 7.45. The first kappa shape index (κ1) is 23.5. The van der Waals surface area contributed by atoms with Crippen molar-refractivity contribution in [3.8, 4) is 0 Å². The predicted octanol–water partition coefficient (Wildman–Crippen LogP) is 4.12. The Kier molecular flexibility index (Phi) is 7.49. The molecule has 33 heavy (non-hydrogen) atoms. The first-order chi connectivity index (χ1) is 16.0. The molecule has 2 amide bonds. The van der Waals surface area contributed by atoms with Crippen molar-refractivity contribution < 1.29 is 9.59 Å². The fraction of sp³-hybridized carbons (Fsp3) is 0.500. The molecule has 2 aliphatic rings. The molecule has 2 saturated heterocycles. The minimum Gasteiger partial charge on any atom is -0.351 e. The van der Waals surface area contributed by atoms with E-state index in [1.807, 2.05) is 35.2 Å². The second kappa shape index (κ2) is 10.5. The first-order valence-corrected chi connectivity index (χ1v) is 12.4. The van der Waals surface area contributed by atoms with Crippen molar-refractivity contribution in [2.24, 2.45) is 5.92 Å². The Morgan fingerprint density at radius 1 is 0.970 bits per heavy atom. The second-order valence-electron chi connectivity index (χ2n) is 9.94. The molecule has 2 aliphatic heterocycles. The maximum absolute atomic E-state index is 13.5. The zero-order chi connectivity index (χ0) is 23.3. The summed E-state index contributed by atoms with van der Waals surface area (Å²) >= 11 is 0. The van der Waals surface area contributed by atoms with Gasteiger partial charge in [-0.1, -0.05) is 61.5 Å². The number of piperidine rings is 2. The van der Waals surface area contributed by atoms with E-state index in [1.165, 1.54) is 31.5 Å². The van der Waals surface area contributed by atoms with E-state index in [0.717, 1.165) is 23.6 Å². The molecule has 4 rings (SSSR count). The second-order valence-corrected chi connectivity index (χ2v) is 9.94. The molecule has 176 valence electrons.